The average Bonchev–Trinajstić information content (AvgIpc) is 3.10. The van der Waals surface area contributed by atoms with E-state index in [0.717, 1.165) is 12.3 Å². The molecule has 2 unspecified atom stereocenters. The van der Waals surface area contributed by atoms with Gasteiger partial charge in [-0.1, -0.05) is 25.1 Å². The van der Waals surface area contributed by atoms with E-state index < -0.39 is 0 Å². The Balaban J connectivity index is 1.86. The van der Waals surface area contributed by atoms with Crippen LogP contribution in [0.3, 0.4) is 0 Å². The maximum Gasteiger partial charge on any atom is 0.0476 e. The fourth-order valence-corrected chi connectivity index (χ4v) is 2.92. The molecule has 1 aromatic rings. The number of anilines is 1. The minimum atomic E-state index is 0.291. The second kappa shape index (κ2) is 4.34. The zero-order valence-electron chi connectivity index (χ0n) is 10.5. The second-order valence-corrected chi connectivity index (χ2v) is 5.66. The number of fused-ring (bicyclic) bond motifs is 1. The van der Waals surface area contributed by atoms with Crippen molar-refractivity contribution in [3.63, 3.8) is 0 Å². The molecule has 2 heteroatoms. The number of para-hydroxylation sites is 1. The van der Waals surface area contributed by atoms with Crippen LogP contribution in [0.15, 0.2) is 24.3 Å². The van der Waals surface area contributed by atoms with Gasteiger partial charge in [-0.2, -0.15) is 0 Å². The van der Waals surface area contributed by atoms with Gasteiger partial charge in [-0.25, -0.2) is 0 Å². The third-order valence-electron chi connectivity index (χ3n) is 4.23. The van der Waals surface area contributed by atoms with E-state index in [1.54, 1.807) is 0 Å². The summed E-state index contributed by atoms with van der Waals surface area (Å²) in [5, 5.41) is 9.42. The number of nitrogens with zero attached hydrogens (tertiary/aromatic N) is 1. The zero-order chi connectivity index (χ0) is 11.8. The Morgan fingerprint density at radius 3 is 2.82 bits per heavy atom. The number of hydrogen-bond acceptors (Lipinski definition) is 2. The largest absolute Gasteiger partial charge is 0.396 e. The molecule has 1 fully saturated rings. The quantitative estimate of drug-likeness (QED) is 0.860. The third kappa shape index (κ3) is 2.06. The van der Waals surface area contributed by atoms with E-state index in [1.165, 1.54) is 30.6 Å². The normalized spacial score (nSPS) is 24.8. The molecule has 0 spiro atoms. The Kier molecular flexibility index (Phi) is 2.83. The molecule has 0 saturated heterocycles. The molecule has 2 atom stereocenters. The van der Waals surface area contributed by atoms with Gasteiger partial charge in [-0.15, -0.1) is 0 Å². The SMILES string of the molecule is CC(CO)C1Cc2ccccc2N1CC1CC1. The van der Waals surface area contributed by atoms with Gasteiger partial charge in [0.25, 0.3) is 0 Å². The monoisotopic (exact) mass is 231 g/mol. The summed E-state index contributed by atoms with van der Waals surface area (Å²) in [5.41, 5.74) is 2.86. The summed E-state index contributed by atoms with van der Waals surface area (Å²) in [6, 6.07) is 9.23. The molecule has 1 aliphatic heterocycles. The van der Waals surface area contributed by atoms with Crippen molar-refractivity contribution in [2.75, 3.05) is 18.1 Å². The predicted molar refractivity (Wildman–Crippen MR) is 70.3 cm³/mol. The smallest absolute Gasteiger partial charge is 0.0476 e. The molecule has 0 aromatic heterocycles. The van der Waals surface area contributed by atoms with E-state index in [2.05, 4.69) is 36.1 Å². The van der Waals surface area contributed by atoms with E-state index in [1.807, 2.05) is 0 Å². The minimum Gasteiger partial charge on any atom is -0.396 e. The van der Waals surface area contributed by atoms with Crippen LogP contribution >= 0.6 is 0 Å². The molecule has 2 nitrogen and oxygen atoms in total. The highest BCUT2D eigenvalue weighted by atomic mass is 16.3. The Morgan fingerprint density at radius 2 is 2.12 bits per heavy atom. The molecule has 17 heavy (non-hydrogen) atoms. The van der Waals surface area contributed by atoms with Gasteiger partial charge in [0.15, 0.2) is 0 Å². The predicted octanol–water partition coefficient (Wildman–Crippen LogP) is 2.46. The molecule has 0 amide bonds. The molecule has 1 heterocycles. The number of aliphatic hydroxyl groups excluding tert-OH is 1. The van der Waals surface area contributed by atoms with Crippen LogP contribution in [-0.4, -0.2) is 24.3 Å². The average molecular weight is 231 g/mol. The van der Waals surface area contributed by atoms with E-state index in [4.69, 9.17) is 0 Å². The highest BCUT2D eigenvalue weighted by molar-refractivity contribution is 5.59. The first-order chi connectivity index (χ1) is 8.29. The second-order valence-electron chi connectivity index (χ2n) is 5.66. The van der Waals surface area contributed by atoms with Crippen molar-refractivity contribution >= 4 is 5.69 Å². The van der Waals surface area contributed by atoms with E-state index in [0.29, 0.717) is 18.6 Å². The first-order valence-electron chi connectivity index (χ1n) is 6.75. The van der Waals surface area contributed by atoms with Crippen LogP contribution in [0.5, 0.6) is 0 Å². The summed E-state index contributed by atoms with van der Waals surface area (Å²) < 4.78 is 0. The van der Waals surface area contributed by atoms with Crippen LogP contribution < -0.4 is 4.90 Å². The fraction of sp³-hybridized carbons (Fsp3) is 0.600. The van der Waals surface area contributed by atoms with Gasteiger partial charge in [0.2, 0.25) is 0 Å². The highest BCUT2D eigenvalue weighted by Gasteiger charge is 2.35. The first-order valence-corrected chi connectivity index (χ1v) is 6.75. The lowest BCUT2D eigenvalue weighted by atomic mass is 9.98. The Hall–Kier alpha value is -1.02. The maximum atomic E-state index is 9.42. The van der Waals surface area contributed by atoms with Gasteiger partial charge in [-0.3, -0.25) is 0 Å². The topological polar surface area (TPSA) is 23.5 Å². The fourth-order valence-electron chi connectivity index (χ4n) is 2.92. The van der Waals surface area contributed by atoms with Gasteiger partial charge in [0.05, 0.1) is 0 Å². The molecule has 0 bridgehead atoms. The molecule has 1 aliphatic carbocycles. The lowest BCUT2D eigenvalue weighted by Crippen LogP contribution is -2.39. The van der Waals surface area contributed by atoms with E-state index >= 15 is 0 Å². The van der Waals surface area contributed by atoms with Gasteiger partial charge in [0, 0.05) is 24.9 Å². The van der Waals surface area contributed by atoms with Gasteiger partial charge >= 0.3 is 0 Å². The Morgan fingerprint density at radius 1 is 1.35 bits per heavy atom. The van der Waals surface area contributed by atoms with Gasteiger partial charge < -0.3 is 10.0 Å². The van der Waals surface area contributed by atoms with E-state index in [-0.39, 0.29) is 0 Å². The number of aliphatic hydroxyl groups is 1. The molecule has 0 radical (unpaired) electrons. The molecule has 1 saturated carbocycles. The maximum absolute atomic E-state index is 9.42. The molecular formula is C15H21NO. The minimum absolute atomic E-state index is 0.291. The Labute approximate surface area is 103 Å². The Bertz CT molecular complexity index is 400. The number of hydrogen-bond donors (Lipinski definition) is 1. The molecule has 92 valence electrons. The summed E-state index contributed by atoms with van der Waals surface area (Å²) in [6.07, 6.45) is 3.88. The van der Waals surface area contributed by atoms with Gasteiger partial charge in [0.1, 0.15) is 0 Å². The summed E-state index contributed by atoms with van der Waals surface area (Å²) >= 11 is 0. The van der Waals surface area contributed by atoms with Crippen molar-refractivity contribution in [1.29, 1.82) is 0 Å². The van der Waals surface area contributed by atoms with Crippen LogP contribution in [0.2, 0.25) is 0 Å². The summed E-state index contributed by atoms with van der Waals surface area (Å²) in [7, 11) is 0. The molecule has 3 rings (SSSR count). The van der Waals surface area contributed by atoms with Crippen molar-refractivity contribution in [2.45, 2.75) is 32.2 Å². The number of benzene rings is 1. The van der Waals surface area contributed by atoms with Crippen LogP contribution in [0.4, 0.5) is 5.69 Å². The van der Waals surface area contributed by atoms with Crippen molar-refractivity contribution in [3.05, 3.63) is 29.8 Å². The van der Waals surface area contributed by atoms with E-state index in [9.17, 15) is 5.11 Å². The van der Waals surface area contributed by atoms with Gasteiger partial charge in [-0.05, 0) is 42.7 Å². The van der Waals surface area contributed by atoms with Crippen LogP contribution in [-0.2, 0) is 6.42 Å². The van der Waals surface area contributed by atoms with Crippen LogP contribution in [0, 0.1) is 11.8 Å². The van der Waals surface area contributed by atoms with Crippen molar-refractivity contribution in [2.24, 2.45) is 11.8 Å². The first kappa shape index (κ1) is 11.1. The standard InChI is InChI=1S/C15H21NO/c1-11(10-17)15-8-13-4-2-3-5-14(13)16(15)9-12-6-7-12/h2-5,11-12,15,17H,6-10H2,1H3. The van der Waals surface area contributed by atoms with Crippen molar-refractivity contribution in [3.8, 4) is 0 Å². The molecular weight excluding hydrogens is 210 g/mol. The van der Waals surface area contributed by atoms with Crippen LogP contribution in [0.25, 0.3) is 0 Å². The summed E-state index contributed by atoms with van der Waals surface area (Å²) in [4.78, 5) is 2.55. The van der Waals surface area contributed by atoms with Crippen molar-refractivity contribution < 1.29 is 5.11 Å². The van der Waals surface area contributed by atoms with Crippen molar-refractivity contribution in [1.82, 2.24) is 0 Å². The van der Waals surface area contributed by atoms with Crippen LogP contribution in [0.1, 0.15) is 25.3 Å². The highest BCUT2D eigenvalue weighted by Crippen LogP contribution is 2.39. The molecule has 1 aromatic carbocycles. The zero-order valence-corrected chi connectivity index (χ0v) is 10.5. The summed E-state index contributed by atoms with van der Waals surface area (Å²) in [6.45, 7) is 3.64. The molecule has 1 N–H and O–H groups in total. The third-order valence-corrected chi connectivity index (χ3v) is 4.23. The lowest BCUT2D eigenvalue weighted by Gasteiger charge is -2.31. The number of rotatable bonds is 4. The summed E-state index contributed by atoms with van der Waals surface area (Å²) in [5.74, 6) is 1.26. The molecule has 2 aliphatic rings. The lowest BCUT2D eigenvalue weighted by molar-refractivity contribution is 0.214.